The van der Waals surface area contributed by atoms with Gasteiger partial charge in [-0.15, -0.1) is 0 Å². The van der Waals surface area contributed by atoms with E-state index in [4.69, 9.17) is 18.6 Å². The van der Waals surface area contributed by atoms with Crippen LogP contribution in [0.1, 0.15) is 12.5 Å². The third kappa shape index (κ3) is 3.05. The van der Waals surface area contributed by atoms with Crippen LogP contribution in [-0.4, -0.2) is 20.8 Å². The normalized spacial score (nSPS) is 10.7. The summed E-state index contributed by atoms with van der Waals surface area (Å²) < 4.78 is 21.7. The zero-order valence-corrected chi connectivity index (χ0v) is 14.7. The topological polar surface area (TPSA) is 57.9 Å². The molecule has 0 spiro atoms. The molecule has 0 aliphatic carbocycles. The lowest BCUT2D eigenvalue weighted by molar-refractivity contribution is 0.340. The van der Waals surface area contributed by atoms with E-state index in [1.807, 2.05) is 26.0 Å². The lowest BCUT2D eigenvalue weighted by atomic mass is 9.99. The molecule has 5 heteroatoms. The lowest BCUT2D eigenvalue weighted by Crippen LogP contribution is -2.06. The second-order valence-corrected chi connectivity index (χ2v) is 5.55. The Kier molecular flexibility index (Phi) is 4.65. The zero-order valence-electron chi connectivity index (χ0n) is 14.7. The minimum atomic E-state index is -0.388. The molecule has 1 aromatic heterocycles. The summed E-state index contributed by atoms with van der Waals surface area (Å²) in [7, 11) is 3.13. The maximum absolute atomic E-state index is 12.5. The highest BCUT2D eigenvalue weighted by Crippen LogP contribution is 2.34. The molecule has 3 aromatic rings. The van der Waals surface area contributed by atoms with Crippen molar-refractivity contribution in [3.63, 3.8) is 0 Å². The summed E-state index contributed by atoms with van der Waals surface area (Å²) >= 11 is 0. The van der Waals surface area contributed by atoms with Crippen molar-refractivity contribution in [1.82, 2.24) is 0 Å². The van der Waals surface area contributed by atoms with Crippen LogP contribution in [0.4, 0.5) is 0 Å². The van der Waals surface area contributed by atoms with Crippen LogP contribution < -0.4 is 19.8 Å². The third-order valence-corrected chi connectivity index (χ3v) is 4.12. The van der Waals surface area contributed by atoms with Crippen molar-refractivity contribution in [2.75, 3.05) is 20.8 Å². The molecule has 0 bridgehead atoms. The smallest absolute Gasteiger partial charge is 0.344 e. The van der Waals surface area contributed by atoms with Gasteiger partial charge in [0.2, 0.25) is 0 Å². The van der Waals surface area contributed by atoms with Crippen molar-refractivity contribution >= 4 is 11.0 Å². The first-order chi connectivity index (χ1) is 12.1. The highest BCUT2D eigenvalue weighted by atomic mass is 16.5. The lowest BCUT2D eigenvalue weighted by Gasteiger charge is -2.12. The van der Waals surface area contributed by atoms with Crippen molar-refractivity contribution in [1.29, 1.82) is 0 Å². The summed E-state index contributed by atoms with van der Waals surface area (Å²) in [6.07, 6.45) is 0. The largest absolute Gasteiger partial charge is 0.494 e. The molecule has 0 saturated heterocycles. The molecule has 0 N–H and O–H groups in total. The number of fused-ring (bicyclic) bond motifs is 1. The molecule has 0 aliphatic rings. The Labute approximate surface area is 145 Å². The Bertz CT molecular complexity index is 972. The molecule has 0 aliphatic heterocycles. The summed E-state index contributed by atoms with van der Waals surface area (Å²) in [5.74, 6) is 1.90. The fraction of sp³-hybridized carbons (Fsp3) is 0.250. The second kappa shape index (κ2) is 6.89. The van der Waals surface area contributed by atoms with Crippen LogP contribution in [0.5, 0.6) is 17.2 Å². The molecule has 0 amide bonds. The summed E-state index contributed by atoms with van der Waals surface area (Å²) in [5.41, 5.74) is 2.20. The van der Waals surface area contributed by atoms with E-state index in [-0.39, 0.29) is 5.63 Å². The molecule has 2 aromatic carbocycles. The molecule has 0 unspecified atom stereocenters. The van der Waals surface area contributed by atoms with Crippen LogP contribution in [0.25, 0.3) is 22.1 Å². The van der Waals surface area contributed by atoms with Gasteiger partial charge in [-0.2, -0.15) is 0 Å². The molecule has 5 nitrogen and oxygen atoms in total. The average Bonchev–Trinajstić information content (AvgIpc) is 2.62. The number of hydrogen-bond donors (Lipinski definition) is 0. The van der Waals surface area contributed by atoms with Crippen molar-refractivity contribution in [3.8, 4) is 28.4 Å². The van der Waals surface area contributed by atoms with Gasteiger partial charge in [0.15, 0.2) is 11.5 Å². The predicted octanol–water partition coefficient (Wildman–Crippen LogP) is 4.18. The van der Waals surface area contributed by atoms with Crippen molar-refractivity contribution in [3.05, 3.63) is 52.4 Å². The Hall–Kier alpha value is -2.95. The van der Waals surface area contributed by atoms with Crippen LogP contribution in [0.3, 0.4) is 0 Å². The van der Waals surface area contributed by atoms with Crippen LogP contribution >= 0.6 is 0 Å². The number of benzene rings is 2. The van der Waals surface area contributed by atoms with Gasteiger partial charge in [-0.25, -0.2) is 4.79 Å². The Morgan fingerprint density at radius 1 is 1.00 bits per heavy atom. The molecule has 0 fully saturated rings. The zero-order chi connectivity index (χ0) is 18.0. The van der Waals surface area contributed by atoms with Gasteiger partial charge < -0.3 is 18.6 Å². The van der Waals surface area contributed by atoms with Crippen LogP contribution in [0.15, 0.2) is 45.6 Å². The monoisotopic (exact) mass is 340 g/mol. The molecule has 3 rings (SSSR count). The number of hydrogen-bond acceptors (Lipinski definition) is 5. The van der Waals surface area contributed by atoms with Crippen LogP contribution in [0.2, 0.25) is 0 Å². The molecular formula is C20H20O5. The SMILES string of the molecule is CCOc1ccc2oc(=O)c(-c3ccc(OC)c(OC)c3)c(C)c2c1. The molecule has 130 valence electrons. The Balaban J connectivity index is 2.23. The van der Waals surface area contributed by atoms with E-state index in [9.17, 15) is 4.79 Å². The minimum absolute atomic E-state index is 0.388. The standard InChI is InChI=1S/C20H20O5/c1-5-24-14-7-9-16-15(11-14)12(2)19(20(21)25-16)13-6-8-17(22-3)18(10-13)23-4/h6-11H,5H2,1-4H3. The predicted molar refractivity (Wildman–Crippen MR) is 96.9 cm³/mol. The molecule has 0 atom stereocenters. The minimum Gasteiger partial charge on any atom is -0.494 e. The van der Waals surface area contributed by atoms with E-state index in [0.29, 0.717) is 34.8 Å². The average molecular weight is 340 g/mol. The highest BCUT2D eigenvalue weighted by molar-refractivity contribution is 5.88. The van der Waals surface area contributed by atoms with Crippen molar-refractivity contribution < 1.29 is 18.6 Å². The first kappa shape index (κ1) is 16.9. The van der Waals surface area contributed by atoms with Gasteiger partial charge in [0.25, 0.3) is 0 Å². The number of methoxy groups -OCH3 is 2. The summed E-state index contributed by atoms with van der Waals surface area (Å²) in [5, 5.41) is 0.843. The van der Waals surface area contributed by atoms with E-state index in [1.54, 1.807) is 38.5 Å². The van der Waals surface area contributed by atoms with Gasteiger partial charge in [-0.1, -0.05) is 6.07 Å². The fourth-order valence-corrected chi connectivity index (χ4v) is 2.91. The van der Waals surface area contributed by atoms with Gasteiger partial charge >= 0.3 is 5.63 Å². The van der Waals surface area contributed by atoms with E-state index >= 15 is 0 Å². The van der Waals surface area contributed by atoms with Crippen LogP contribution in [-0.2, 0) is 0 Å². The van der Waals surface area contributed by atoms with E-state index in [2.05, 4.69) is 0 Å². The molecular weight excluding hydrogens is 320 g/mol. The van der Waals surface area contributed by atoms with Gasteiger partial charge in [-0.3, -0.25) is 0 Å². The maximum atomic E-state index is 12.5. The van der Waals surface area contributed by atoms with Gasteiger partial charge in [0.1, 0.15) is 11.3 Å². The number of ether oxygens (including phenoxy) is 3. The van der Waals surface area contributed by atoms with E-state index < -0.39 is 0 Å². The second-order valence-electron chi connectivity index (χ2n) is 5.55. The van der Waals surface area contributed by atoms with E-state index in [0.717, 1.165) is 16.7 Å². The molecule has 1 heterocycles. The Morgan fingerprint density at radius 2 is 1.76 bits per heavy atom. The summed E-state index contributed by atoms with van der Waals surface area (Å²) in [6.45, 7) is 4.40. The first-order valence-corrected chi connectivity index (χ1v) is 8.01. The third-order valence-electron chi connectivity index (χ3n) is 4.12. The molecule has 0 saturated carbocycles. The summed E-state index contributed by atoms with van der Waals surface area (Å²) in [6, 6.07) is 10.8. The number of rotatable bonds is 5. The Morgan fingerprint density at radius 3 is 2.44 bits per heavy atom. The molecule has 25 heavy (non-hydrogen) atoms. The maximum Gasteiger partial charge on any atom is 0.344 e. The summed E-state index contributed by atoms with van der Waals surface area (Å²) in [4.78, 5) is 12.5. The van der Waals surface area contributed by atoms with E-state index in [1.165, 1.54) is 0 Å². The van der Waals surface area contributed by atoms with Crippen LogP contribution in [0, 0.1) is 6.92 Å². The van der Waals surface area contributed by atoms with Crippen molar-refractivity contribution in [2.24, 2.45) is 0 Å². The quantitative estimate of drug-likeness (QED) is 0.652. The van der Waals surface area contributed by atoms with Gasteiger partial charge in [0.05, 0.1) is 26.4 Å². The fourth-order valence-electron chi connectivity index (χ4n) is 2.91. The van der Waals surface area contributed by atoms with Gasteiger partial charge in [0, 0.05) is 5.39 Å². The first-order valence-electron chi connectivity index (χ1n) is 8.01. The number of aryl methyl sites for hydroxylation is 1. The van der Waals surface area contributed by atoms with Gasteiger partial charge in [-0.05, 0) is 55.3 Å². The molecule has 0 radical (unpaired) electrons. The highest BCUT2D eigenvalue weighted by Gasteiger charge is 2.16. The van der Waals surface area contributed by atoms with Crippen molar-refractivity contribution in [2.45, 2.75) is 13.8 Å².